The number of aromatic nitrogens is 12. The van der Waals surface area contributed by atoms with Gasteiger partial charge in [0.1, 0.15) is 28.2 Å². The van der Waals surface area contributed by atoms with Crippen molar-refractivity contribution in [1.82, 2.24) is 57.7 Å². The topological polar surface area (TPSA) is 301 Å². The van der Waals surface area contributed by atoms with Crippen LogP contribution in [0.4, 0.5) is 0 Å². The molecule has 0 spiro atoms. The zero-order valence-electron chi connectivity index (χ0n) is 77.6. The van der Waals surface area contributed by atoms with E-state index in [9.17, 15) is 24.0 Å². The number of allylic oxidation sites excluding steroid dienone is 10. The Hall–Kier alpha value is -13.9. The van der Waals surface area contributed by atoms with Gasteiger partial charge in [-0.05, 0) is 198 Å². The molecule has 8 aromatic carbocycles. The van der Waals surface area contributed by atoms with Crippen LogP contribution in [-0.2, 0) is 124 Å². The Morgan fingerprint density at radius 2 is 0.543 bits per heavy atom. The third-order valence-electron chi connectivity index (χ3n) is 19.4. The summed E-state index contributed by atoms with van der Waals surface area (Å²) < 4.78 is 10.7. The first-order valence-corrected chi connectivity index (χ1v) is 42.3. The van der Waals surface area contributed by atoms with Gasteiger partial charge < -0.3 is 58.3 Å². The molecule has 0 fully saturated rings. The fraction of sp³-hybridized carbons (Fsp3) is 0.117. The number of hydrogen-bond donors (Lipinski definition) is 5. The third-order valence-corrected chi connectivity index (χ3v) is 19.4. The molecule has 22 nitrogen and oxygen atoms in total. The number of aliphatic hydroxyl groups excluding tert-OH is 5. The quantitative estimate of drug-likeness (QED) is 0.0483. The SMILES string of the molecule is CC(=O)C=C(C)O.CC(=O)C=C(C)O.CC(=O)C=C(C)O.CC(=O)C=C(C)O.CC(=O)C=C(C)O.Cc1ccc2c(c1)c1cccnc1n2-c1[c-]cccc1.Cc1ccc2c3cccnc3n(-c3[c-]cccc3)c2c1.Cc1cnc2c(c1)c1ccccc1n2-c1[c-]cccc1.[Ir].[Ir].[Ir].[Ir].[Ir].[c-]1ccncc1-n1c2ccccc2c2cccnc21.[c-]1cnccc1-n1c2ccccc2c2cccnc21. The molecule has 0 saturated carbocycles. The number of benzene rings is 8. The third kappa shape index (κ3) is 30.6. The van der Waals surface area contributed by atoms with Gasteiger partial charge in [0.15, 0.2) is 28.9 Å². The molecule has 0 aliphatic heterocycles. The number of nitrogens with zero attached hydrogens (tertiary/aromatic N) is 12. The van der Waals surface area contributed by atoms with E-state index < -0.39 is 0 Å². The monoisotopic (exact) mass is 2720 g/mol. The van der Waals surface area contributed by atoms with Crippen LogP contribution in [0.15, 0.2) is 364 Å². The molecule has 20 rings (SSSR count). The van der Waals surface area contributed by atoms with Gasteiger partial charge in [-0.25, -0.2) is 31.0 Å². The van der Waals surface area contributed by atoms with Gasteiger partial charge in [-0.15, -0.1) is 23.9 Å². The van der Waals surface area contributed by atoms with Gasteiger partial charge in [0, 0.05) is 216 Å². The van der Waals surface area contributed by atoms with E-state index >= 15 is 0 Å². The van der Waals surface area contributed by atoms with Gasteiger partial charge in [0.05, 0.1) is 56.4 Å². The van der Waals surface area contributed by atoms with Gasteiger partial charge in [0.25, 0.3) is 0 Å². The zero-order valence-corrected chi connectivity index (χ0v) is 89.5. The van der Waals surface area contributed by atoms with Crippen LogP contribution < -0.4 is 0 Å². The van der Waals surface area contributed by atoms with Gasteiger partial charge in [-0.2, -0.15) is 91.0 Å². The number of pyridine rings is 7. The van der Waals surface area contributed by atoms with Crippen molar-refractivity contribution in [2.75, 3.05) is 0 Å². The van der Waals surface area contributed by atoms with E-state index in [1.165, 1.54) is 176 Å². The number of hydrogen-bond acceptors (Lipinski definition) is 17. The first-order valence-electron chi connectivity index (χ1n) is 42.3. The first-order chi connectivity index (χ1) is 64.1. The number of carbonyl (C=O) groups is 5. The first kappa shape index (κ1) is 113. The Kier molecular flexibility index (Phi) is 45.3. The molecule has 0 amide bonds. The smallest absolute Gasteiger partial charge is 0.155 e. The summed E-state index contributed by atoms with van der Waals surface area (Å²) in [7, 11) is 0. The summed E-state index contributed by atoms with van der Waals surface area (Å²) >= 11 is 0. The molecule has 138 heavy (non-hydrogen) atoms. The minimum absolute atomic E-state index is 0. The summed E-state index contributed by atoms with van der Waals surface area (Å²) in [6.07, 6.45) is 22.0. The number of aliphatic hydroxyl groups is 5. The van der Waals surface area contributed by atoms with Crippen LogP contribution in [0.3, 0.4) is 0 Å². The standard InChI is InChI=1S/3C18H13N2.2C16H10N3.5C5H8O2.5Ir/c1-13-11-16-15-9-5-6-10-17(15)20(18(16)19-12-13)14-7-3-2-4-8-14;1-13-9-10-15-16-8-5-11-19-18(16)20(17(15)12-13)14-6-3-2-4-7-14;1-13-9-10-17-16(12-13)15-8-5-11-19-18(15)20(17)14-6-3-2-4-7-14;1-2-8-15-13(6-1)14-7-4-10-18-16(14)19(15)12-5-3-9-17-11-12;1-2-6-15-13(4-1)14-5-3-9-18-16(14)19(15)12-7-10-17-11-8-12;5*1-4(6)3-5(2)7;;;;;/h2-7,9-12H,1H3;2*2-6,8-12H,1H3;1-4,6-11H;1-7,9-11H;5*3,6H,1-2H3;;;;;/q5*-1;;;;;;;;;;. The van der Waals surface area contributed by atoms with Crippen molar-refractivity contribution in [3.05, 3.63) is 411 Å². The second kappa shape index (κ2) is 55.3. The number of aryl methyl sites for hydroxylation is 3. The Balaban J connectivity index is 0.000000242. The van der Waals surface area contributed by atoms with Crippen LogP contribution in [0.5, 0.6) is 0 Å². The molecule has 0 atom stereocenters. The van der Waals surface area contributed by atoms with E-state index in [1.807, 2.05) is 140 Å². The van der Waals surface area contributed by atoms with Crippen molar-refractivity contribution in [2.45, 2.75) is 90.0 Å². The van der Waals surface area contributed by atoms with Crippen molar-refractivity contribution in [3.8, 4) is 28.4 Å². The predicted molar refractivity (Wildman–Crippen MR) is 532 cm³/mol. The van der Waals surface area contributed by atoms with Crippen molar-refractivity contribution in [3.63, 3.8) is 0 Å². The van der Waals surface area contributed by atoms with Gasteiger partial charge >= 0.3 is 0 Å². The summed E-state index contributed by atoms with van der Waals surface area (Å²) in [6, 6.07) is 101. The predicted octanol–water partition coefficient (Wildman–Crippen LogP) is 24.8. The van der Waals surface area contributed by atoms with Crippen LogP contribution in [0.1, 0.15) is 85.9 Å². The van der Waals surface area contributed by atoms with E-state index in [1.54, 1.807) is 24.8 Å². The van der Waals surface area contributed by atoms with Crippen LogP contribution in [0.25, 0.3) is 138 Å². The number of carbonyl (C=O) groups excluding carboxylic acids is 5. The molecular weight excluding hydrogens is 2620 g/mol. The van der Waals surface area contributed by atoms with Gasteiger partial charge in [0.2, 0.25) is 0 Å². The van der Waals surface area contributed by atoms with E-state index in [0.29, 0.717) is 0 Å². The van der Waals surface area contributed by atoms with Crippen LogP contribution in [-0.4, -0.2) is 112 Å². The Morgan fingerprint density at radius 3 is 0.884 bits per heavy atom. The molecule has 12 aromatic heterocycles. The molecule has 0 aliphatic rings. The molecule has 0 unspecified atom stereocenters. The summed E-state index contributed by atoms with van der Waals surface area (Å²) in [5.74, 6) is -0.312. The second-order valence-corrected chi connectivity index (χ2v) is 30.6. The maximum atomic E-state index is 10.0. The van der Waals surface area contributed by atoms with Crippen molar-refractivity contribution >= 4 is 139 Å². The molecule has 0 bridgehead atoms. The Morgan fingerprint density at radius 1 is 0.246 bits per heavy atom. The van der Waals surface area contributed by atoms with Crippen LogP contribution in [0, 0.1) is 51.1 Å². The van der Waals surface area contributed by atoms with Crippen LogP contribution >= 0.6 is 0 Å². The maximum Gasteiger partial charge on any atom is 0.155 e. The summed E-state index contributed by atoms with van der Waals surface area (Å²) in [5, 5.41) is 53.8. The fourth-order valence-electron chi connectivity index (χ4n) is 14.6. The molecule has 5 N–H and O–H groups in total. The number of para-hydroxylation sites is 6. The minimum Gasteiger partial charge on any atom is -0.512 e. The summed E-state index contributed by atoms with van der Waals surface area (Å²) in [5.41, 5.74) is 19.3. The van der Waals surface area contributed by atoms with Gasteiger partial charge in [-0.3, -0.25) is 24.0 Å². The molecule has 713 valence electrons. The van der Waals surface area contributed by atoms with E-state index in [4.69, 9.17) is 25.5 Å². The molecule has 0 aliphatic carbocycles. The van der Waals surface area contributed by atoms with Crippen molar-refractivity contribution < 1.29 is 150 Å². The Bertz CT molecular complexity index is 7070. The molecule has 5 radical (unpaired) electrons. The summed E-state index contributed by atoms with van der Waals surface area (Å²) in [6.45, 7) is 20.6. The Labute approximate surface area is 867 Å². The van der Waals surface area contributed by atoms with Crippen molar-refractivity contribution in [2.24, 2.45) is 0 Å². The minimum atomic E-state index is -0.125. The molecule has 27 heteroatoms. The van der Waals surface area contributed by atoms with Crippen molar-refractivity contribution in [1.29, 1.82) is 0 Å². The number of ketones is 5. The average molecular weight is 2720 g/mol. The van der Waals surface area contributed by atoms with E-state index in [0.717, 1.165) is 78.5 Å². The molecule has 20 aromatic rings. The molecular formula is C111H99Ir5N12O10-5. The molecule has 0 saturated heterocycles. The van der Waals surface area contributed by atoms with E-state index in [2.05, 4.69) is 248 Å². The maximum absolute atomic E-state index is 10.0. The second-order valence-electron chi connectivity index (χ2n) is 30.6. The summed E-state index contributed by atoms with van der Waals surface area (Å²) in [4.78, 5) is 81.1. The zero-order chi connectivity index (χ0) is 95.2. The fourth-order valence-corrected chi connectivity index (χ4v) is 14.6. The molecule has 12 heterocycles. The largest absolute Gasteiger partial charge is 0.512 e. The van der Waals surface area contributed by atoms with Crippen LogP contribution in [0.2, 0.25) is 0 Å². The van der Waals surface area contributed by atoms with E-state index in [-0.39, 0.29) is 158 Å². The normalized spacial score (nSPS) is 10.9. The number of rotatable bonds is 10. The van der Waals surface area contributed by atoms with Gasteiger partial charge in [-0.1, -0.05) is 120 Å². The number of fused-ring (bicyclic) bond motifs is 15. The average Bonchev–Trinajstić information content (AvgIpc) is 1.62.